The molecule has 0 radical (unpaired) electrons. The molecule has 3 heterocycles. The highest BCUT2D eigenvalue weighted by molar-refractivity contribution is 6.05. The van der Waals surface area contributed by atoms with Gasteiger partial charge in [0.1, 0.15) is 11.8 Å². The zero-order valence-electron chi connectivity index (χ0n) is 19.1. The maximum absolute atomic E-state index is 13.4. The number of aromatic hydroxyl groups is 1. The minimum Gasteiger partial charge on any atom is -0.508 e. The van der Waals surface area contributed by atoms with Crippen molar-refractivity contribution in [1.29, 1.82) is 0 Å². The van der Waals surface area contributed by atoms with E-state index in [9.17, 15) is 9.90 Å². The Kier molecular flexibility index (Phi) is 5.33. The van der Waals surface area contributed by atoms with Crippen molar-refractivity contribution in [2.45, 2.75) is 26.8 Å². The molecule has 1 aliphatic heterocycles. The second kappa shape index (κ2) is 8.47. The number of nitrogens with zero attached hydrogens (tertiary/aromatic N) is 4. The van der Waals surface area contributed by atoms with Crippen molar-refractivity contribution in [2.24, 2.45) is 0 Å². The van der Waals surface area contributed by atoms with Gasteiger partial charge in [-0.1, -0.05) is 24.3 Å². The number of fused-ring (bicyclic) bond motifs is 1. The van der Waals surface area contributed by atoms with Crippen LogP contribution in [0.3, 0.4) is 0 Å². The highest BCUT2D eigenvalue weighted by atomic mass is 16.3. The van der Waals surface area contributed by atoms with Gasteiger partial charge in [-0.25, -0.2) is 4.68 Å². The van der Waals surface area contributed by atoms with Crippen LogP contribution in [0.4, 0.5) is 11.6 Å². The number of aromatic nitrogens is 4. The Morgan fingerprint density at radius 2 is 1.85 bits per heavy atom. The number of phenols is 1. The number of hydrogen-bond acceptors (Lipinski definition) is 6. The first-order chi connectivity index (χ1) is 16.4. The monoisotopic (exact) mass is 452 g/mol. The van der Waals surface area contributed by atoms with E-state index < -0.39 is 6.04 Å². The summed E-state index contributed by atoms with van der Waals surface area (Å²) in [4.78, 5) is 22.3. The van der Waals surface area contributed by atoms with Gasteiger partial charge in [-0.3, -0.25) is 9.78 Å². The van der Waals surface area contributed by atoms with Crippen LogP contribution >= 0.6 is 0 Å². The minimum absolute atomic E-state index is 0.148. The third-order valence-corrected chi connectivity index (χ3v) is 5.99. The summed E-state index contributed by atoms with van der Waals surface area (Å²) < 4.78 is 1.72. The molecule has 34 heavy (non-hydrogen) atoms. The average molecular weight is 453 g/mol. The highest BCUT2D eigenvalue weighted by Crippen LogP contribution is 2.37. The summed E-state index contributed by atoms with van der Waals surface area (Å²) in [6.45, 7) is 5.96. The van der Waals surface area contributed by atoms with E-state index in [1.54, 1.807) is 53.5 Å². The SMILES string of the molecule is CC1=C(C(=O)Nc2cccnc2)C(c2ccc(O)cc2)n2nc(-c3ccc(C)c(C)c3)nc2N1. The second-order valence-corrected chi connectivity index (χ2v) is 8.36. The van der Waals surface area contributed by atoms with Crippen LogP contribution < -0.4 is 10.6 Å². The Bertz CT molecular complexity index is 1410. The minimum atomic E-state index is -0.540. The predicted octanol–water partition coefficient (Wildman–Crippen LogP) is 4.59. The number of hydrogen-bond donors (Lipinski definition) is 3. The molecule has 5 rings (SSSR count). The van der Waals surface area contributed by atoms with Gasteiger partial charge in [0, 0.05) is 17.5 Å². The number of rotatable bonds is 4. The first kappa shape index (κ1) is 21.4. The van der Waals surface area contributed by atoms with E-state index in [1.807, 2.05) is 19.1 Å². The van der Waals surface area contributed by atoms with E-state index in [0.717, 1.165) is 16.7 Å². The molecule has 2 aromatic carbocycles. The van der Waals surface area contributed by atoms with Gasteiger partial charge >= 0.3 is 0 Å². The number of phenolic OH excluding ortho intramolecular Hbond substituents is 1. The third kappa shape index (κ3) is 3.90. The summed E-state index contributed by atoms with van der Waals surface area (Å²) in [7, 11) is 0. The maximum Gasteiger partial charge on any atom is 0.255 e. The van der Waals surface area contributed by atoms with Crippen molar-refractivity contribution in [1.82, 2.24) is 19.7 Å². The van der Waals surface area contributed by atoms with E-state index in [2.05, 4.69) is 35.5 Å². The van der Waals surface area contributed by atoms with E-state index >= 15 is 0 Å². The molecular weight excluding hydrogens is 428 g/mol. The average Bonchev–Trinajstić information content (AvgIpc) is 3.24. The summed E-state index contributed by atoms with van der Waals surface area (Å²) in [5.74, 6) is 0.983. The number of carbonyl (C=O) groups is 1. The lowest BCUT2D eigenvalue weighted by molar-refractivity contribution is -0.113. The molecule has 0 bridgehead atoms. The van der Waals surface area contributed by atoms with Crippen molar-refractivity contribution in [3.8, 4) is 17.1 Å². The van der Waals surface area contributed by atoms with Gasteiger partial charge in [-0.2, -0.15) is 4.98 Å². The van der Waals surface area contributed by atoms with Gasteiger partial charge in [0.15, 0.2) is 5.82 Å². The fraction of sp³-hybridized carbons (Fsp3) is 0.154. The number of aryl methyl sites for hydroxylation is 2. The fourth-order valence-corrected chi connectivity index (χ4v) is 4.05. The number of benzene rings is 2. The molecule has 8 heteroatoms. The number of allylic oxidation sites excluding steroid dienone is 1. The molecule has 0 fully saturated rings. The summed E-state index contributed by atoms with van der Waals surface area (Å²) in [5.41, 5.74) is 5.81. The lowest BCUT2D eigenvalue weighted by Gasteiger charge is -2.28. The molecule has 1 aliphatic rings. The summed E-state index contributed by atoms with van der Waals surface area (Å²) in [6, 6.07) is 15.9. The topological polar surface area (TPSA) is 105 Å². The predicted molar refractivity (Wildman–Crippen MR) is 130 cm³/mol. The van der Waals surface area contributed by atoms with Crippen molar-refractivity contribution in [3.05, 3.63) is 95.0 Å². The molecule has 0 spiro atoms. The Morgan fingerprint density at radius 1 is 1.06 bits per heavy atom. The van der Waals surface area contributed by atoms with Crippen molar-refractivity contribution >= 4 is 17.5 Å². The van der Waals surface area contributed by atoms with Gasteiger partial charge in [0.25, 0.3) is 5.91 Å². The molecule has 0 saturated heterocycles. The van der Waals surface area contributed by atoms with Gasteiger partial charge in [-0.15, -0.1) is 5.10 Å². The van der Waals surface area contributed by atoms with E-state index in [4.69, 9.17) is 10.1 Å². The first-order valence-electron chi connectivity index (χ1n) is 10.9. The normalized spacial score (nSPS) is 15.0. The maximum atomic E-state index is 13.4. The molecule has 0 aliphatic carbocycles. The third-order valence-electron chi connectivity index (χ3n) is 5.99. The highest BCUT2D eigenvalue weighted by Gasteiger charge is 2.34. The van der Waals surface area contributed by atoms with Gasteiger partial charge in [0.05, 0.1) is 17.5 Å². The van der Waals surface area contributed by atoms with Crippen LogP contribution in [0.25, 0.3) is 11.4 Å². The molecule has 1 amide bonds. The van der Waals surface area contributed by atoms with Crippen LogP contribution in [0.2, 0.25) is 0 Å². The van der Waals surface area contributed by atoms with E-state index in [-0.39, 0.29) is 11.7 Å². The molecular formula is C26H24N6O2. The van der Waals surface area contributed by atoms with Crippen molar-refractivity contribution < 1.29 is 9.90 Å². The van der Waals surface area contributed by atoms with Crippen LogP contribution in [0.1, 0.15) is 29.7 Å². The fourth-order valence-electron chi connectivity index (χ4n) is 4.05. The lowest BCUT2D eigenvalue weighted by atomic mass is 9.95. The van der Waals surface area contributed by atoms with Crippen LogP contribution in [0.15, 0.2) is 78.3 Å². The molecule has 1 atom stereocenters. The Morgan fingerprint density at radius 3 is 2.56 bits per heavy atom. The van der Waals surface area contributed by atoms with Crippen LogP contribution in [-0.4, -0.2) is 30.8 Å². The Balaban J connectivity index is 1.60. The molecule has 3 N–H and O–H groups in total. The second-order valence-electron chi connectivity index (χ2n) is 8.36. The number of amides is 1. The van der Waals surface area contributed by atoms with E-state index in [1.165, 1.54) is 5.56 Å². The number of carbonyl (C=O) groups excluding carboxylic acids is 1. The van der Waals surface area contributed by atoms with Gasteiger partial charge < -0.3 is 15.7 Å². The Hall–Kier alpha value is -4.46. The van der Waals surface area contributed by atoms with Crippen LogP contribution in [0, 0.1) is 13.8 Å². The summed E-state index contributed by atoms with van der Waals surface area (Å²) in [6.07, 6.45) is 3.25. The molecule has 4 aromatic rings. The number of nitrogens with one attached hydrogen (secondary N) is 2. The van der Waals surface area contributed by atoms with Crippen molar-refractivity contribution in [3.63, 3.8) is 0 Å². The number of pyridine rings is 1. The molecule has 8 nitrogen and oxygen atoms in total. The lowest BCUT2D eigenvalue weighted by Crippen LogP contribution is -2.31. The van der Waals surface area contributed by atoms with E-state index in [0.29, 0.717) is 28.7 Å². The van der Waals surface area contributed by atoms with Crippen LogP contribution in [-0.2, 0) is 4.79 Å². The quantitative estimate of drug-likeness (QED) is 0.418. The first-order valence-corrected chi connectivity index (χ1v) is 10.9. The molecule has 0 saturated carbocycles. The largest absolute Gasteiger partial charge is 0.508 e. The molecule has 1 unspecified atom stereocenters. The Labute approximate surface area is 197 Å². The van der Waals surface area contributed by atoms with Gasteiger partial charge in [-0.05, 0) is 67.8 Å². The summed E-state index contributed by atoms with van der Waals surface area (Å²) >= 11 is 0. The zero-order valence-corrected chi connectivity index (χ0v) is 19.1. The van der Waals surface area contributed by atoms with Crippen molar-refractivity contribution in [2.75, 3.05) is 10.6 Å². The molecule has 170 valence electrons. The molecule has 2 aromatic heterocycles. The number of anilines is 2. The zero-order chi connectivity index (χ0) is 23.8. The van der Waals surface area contributed by atoms with Crippen LogP contribution in [0.5, 0.6) is 5.75 Å². The smallest absolute Gasteiger partial charge is 0.255 e. The standard InChI is InChI=1S/C26H24N6O2/c1-15-6-7-19(13-16(15)2)24-30-26-28-17(3)22(25(34)29-20-5-4-12-27-14-20)23(32(26)31-24)18-8-10-21(33)11-9-18/h4-14,23,33H,1-3H3,(H,29,34)(H,28,30,31). The summed E-state index contributed by atoms with van der Waals surface area (Å²) in [5, 5.41) is 20.8. The van der Waals surface area contributed by atoms with Gasteiger partial charge in [0.2, 0.25) is 5.95 Å².